The highest BCUT2D eigenvalue weighted by Crippen LogP contribution is 1.70. The predicted molar refractivity (Wildman–Crippen MR) is 34.6 cm³/mol. The lowest BCUT2D eigenvalue weighted by Gasteiger charge is -1.81. The van der Waals surface area contributed by atoms with E-state index >= 15 is 0 Å². The number of nitrogens with two attached hydrogens (primary N) is 1. The topological polar surface area (TPSA) is 196 Å². The van der Waals surface area contributed by atoms with Gasteiger partial charge >= 0.3 is 20.8 Å². The van der Waals surface area contributed by atoms with E-state index in [-0.39, 0.29) is 5.48 Å². The van der Waals surface area contributed by atoms with Crippen LogP contribution in [0.3, 0.4) is 0 Å². The fourth-order valence-corrected chi connectivity index (χ4v) is 0. The van der Waals surface area contributed by atoms with Crippen LogP contribution in [0.25, 0.3) is 0 Å². The van der Waals surface area contributed by atoms with Crippen LogP contribution in [0.4, 0.5) is 0 Å². The first-order valence-electron chi connectivity index (χ1n) is 1.62. The average Bonchev–Trinajstić information content (AvgIpc) is 1.59. The number of hydrogen-bond donors (Lipinski definition) is 4. The van der Waals surface area contributed by atoms with E-state index < -0.39 is 20.8 Å². The molecule has 0 bridgehead atoms. The molecule has 0 aliphatic carbocycles. The molecule has 0 fully saturated rings. The first-order valence-corrected chi connectivity index (χ1v) is 4.38. The van der Waals surface area contributed by atoms with Crippen molar-refractivity contribution in [3.8, 4) is 0 Å². The first-order chi connectivity index (χ1) is 4.56. The zero-order chi connectivity index (χ0) is 9.71. The van der Waals surface area contributed by atoms with E-state index in [1.165, 1.54) is 0 Å². The third-order valence-electron chi connectivity index (χ3n) is 0.122. The lowest BCUT2D eigenvalue weighted by atomic mass is 13.6. The van der Waals surface area contributed by atoms with Crippen molar-refractivity contribution in [3.63, 3.8) is 0 Å². The molecule has 7 N–H and O–H groups in total. The van der Waals surface area contributed by atoms with Gasteiger partial charge in [-0.15, -0.1) is 0 Å². The molecular weight excluding hydrogens is 222 g/mol. The molecule has 0 unspecified atom stereocenters. The number of hydrogen-bond acceptors (Lipinski definition) is 6. The summed E-state index contributed by atoms with van der Waals surface area (Å²) < 4.78 is 60.4. The molecule has 0 aromatic rings. The van der Waals surface area contributed by atoms with E-state index in [1.54, 1.807) is 0 Å². The fraction of sp³-hybridized carbons (Fsp3) is 0. The molecule has 0 aromatic heterocycles. The van der Waals surface area contributed by atoms with Crippen LogP contribution in [-0.4, -0.2) is 36.0 Å². The minimum atomic E-state index is -4.67. The van der Waals surface area contributed by atoms with Crippen molar-refractivity contribution >= 4 is 20.8 Å². The molecule has 0 heterocycles. The van der Waals surface area contributed by atoms with Gasteiger partial charge in [0, 0.05) is 0 Å². The van der Waals surface area contributed by atoms with Crippen molar-refractivity contribution in [2.24, 2.45) is 5.90 Å². The summed E-state index contributed by atoms with van der Waals surface area (Å²) in [7, 11) is -9.05. The molecule has 0 atom stereocenters. The van der Waals surface area contributed by atoms with Crippen molar-refractivity contribution in [1.82, 2.24) is 0 Å². The van der Waals surface area contributed by atoms with Gasteiger partial charge in [0.1, 0.15) is 0 Å². The van der Waals surface area contributed by atoms with Gasteiger partial charge in [-0.1, -0.05) is 0 Å². The molecule has 0 aliphatic rings. The van der Waals surface area contributed by atoms with E-state index in [9.17, 15) is 8.42 Å². The molecule has 12 heavy (non-hydrogen) atoms. The zero-order valence-electron chi connectivity index (χ0n) is 5.28. The third-order valence-corrected chi connectivity index (χ3v) is 0.365. The summed E-state index contributed by atoms with van der Waals surface area (Å²) in [5.74, 6) is 3.97. The molecule has 78 valence electrons. The molecule has 0 aliphatic heterocycles. The Hall–Kier alpha value is -0.340. The van der Waals surface area contributed by atoms with Crippen molar-refractivity contribution in [3.05, 3.63) is 0 Å². The van der Waals surface area contributed by atoms with Gasteiger partial charge in [-0.25, -0.2) is 0 Å². The molecule has 12 heteroatoms. The van der Waals surface area contributed by atoms with Crippen molar-refractivity contribution in [1.29, 1.82) is 0 Å². The van der Waals surface area contributed by atoms with Gasteiger partial charge in [0.25, 0.3) is 0 Å². The summed E-state index contributed by atoms with van der Waals surface area (Å²) in [6.07, 6.45) is 0. The SMILES string of the molecule is NOS(=O)(=O)O.O.O=S(=O)(O)O. The Kier molecular flexibility index (Phi) is 9.14. The van der Waals surface area contributed by atoms with Crippen molar-refractivity contribution in [2.75, 3.05) is 0 Å². The predicted octanol–water partition coefficient (Wildman–Crippen LogP) is -2.80. The molecule has 0 aromatic carbocycles. The van der Waals surface area contributed by atoms with Crippen molar-refractivity contribution < 1.29 is 40.3 Å². The summed E-state index contributed by atoms with van der Waals surface area (Å²) in [5.41, 5.74) is 0. The number of rotatable bonds is 1. The highest BCUT2D eigenvalue weighted by atomic mass is 32.3. The van der Waals surface area contributed by atoms with Crippen LogP contribution in [0.5, 0.6) is 0 Å². The second kappa shape index (κ2) is 6.21. The van der Waals surface area contributed by atoms with Crippen LogP contribution < -0.4 is 5.90 Å². The van der Waals surface area contributed by atoms with Crippen LogP contribution in [0, 0.1) is 0 Å². The van der Waals surface area contributed by atoms with Crippen LogP contribution >= 0.6 is 0 Å². The van der Waals surface area contributed by atoms with Gasteiger partial charge in [0.15, 0.2) is 0 Å². The van der Waals surface area contributed by atoms with Gasteiger partial charge in [0.2, 0.25) is 0 Å². The Morgan fingerprint density at radius 3 is 1.08 bits per heavy atom. The monoisotopic (exact) mass is 229 g/mol. The van der Waals surface area contributed by atoms with Crippen LogP contribution in [0.2, 0.25) is 0 Å². The van der Waals surface area contributed by atoms with E-state index in [0.717, 1.165) is 0 Å². The average molecular weight is 229 g/mol. The van der Waals surface area contributed by atoms with E-state index in [2.05, 4.69) is 10.2 Å². The van der Waals surface area contributed by atoms with Gasteiger partial charge < -0.3 is 5.48 Å². The summed E-state index contributed by atoms with van der Waals surface area (Å²) in [6, 6.07) is 0. The zero-order valence-corrected chi connectivity index (χ0v) is 6.91. The molecule has 0 saturated heterocycles. The molecule has 0 saturated carbocycles. The summed E-state index contributed by atoms with van der Waals surface area (Å²) in [4.78, 5) is 0. The van der Waals surface area contributed by atoms with Crippen LogP contribution in [0.1, 0.15) is 0 Å². The minimum absolute atomic E-state index is 0. The van der Waals surface area contributed by atoms with E-state index in [0.29, 0.717) is 0 Å². The molecule has 10 nitrogen and oxygen atoms in total. The maximum absolute atomic E-state index is 9.21. The second-order valence-electron chi connectivity index (χ2n) is 0.972. The lowest BCUT2D eigenvalue weighted by molar-refractivity contribution is 0.277. The van der Waals surface area contributed by atoms with E-state index in [4.69, 9.17) is 22.1 Å². The van der Waals surface area contributed by atoms with Crippen LogP contribution in [-0.2, 0) is 25.1 Å². The largest absolute Gasteiger partial charge is 0.413 e. The molecular formula is H7NO9S2. The maximum Gasteiger partial charge on any atom is 0.413 e. The smallest absolute Gasteiger partial charge is 0.412 e. The Balaban J connectivity index is -0.000000126. The highest BCUT2D eigenvalue weighted by molar-refractivity contribution is 7.80. The molecule has 0 spiro atoms. The molecule has 0 rings (SSSR count). The Morgan fingerprint density at radius 2 is 1.08 bits per heavy atom. The minimum Gasteiger partial charge on any atom is -0.412 e. The quantitative estimate of drug-likeness (QED) is 0.271. The Labute approximate surface area is 67.7 Å². The van der Waals surface area contributed by atoms with Gasteiger partial charge in [-0.2, -0.15) is 27.0 Å². The summed E-state index contributed by atoms with van der Waals surface area (Å²) in [6.45, 7) is 0. The van der Waals surface area contributed by atoms with Gasteiger partial charge in [-0.05, 0) is 0 Å². The maximum atomic E-state index is 9.21. The first kappa shape index (κ1) is 17.7. The lowest BCUT2D eigenvalue weighted by Crippen LogP contribution is -2.08. The summed E-state index contributed by atoms with van der Waals surface area (Å²) in [5, 5.41) is 0. The second-order valence-corrected chi connectivity index (χ2v) is 2.92. The molecule has 0 radical (unpaired) electrons. The van der Waals surface area contributed by atoms with Crippen LogP contribution in [0.15, 0.2) is 0 Å². The summed E-state index contributed by atoms with van der Waals surface area (Å²) >= 11 is 0. The van der Waals surface area contributed by atoms with Gasteiger partial charge in [-0.3, -0.25) is 13.7 Å². The Morgan fingerprint density at radius 1 is 1.00 bits per heavy atom. The molecule has 0 amide bonds. The van der Waals surface area contributed by atoms with Gasteiger partial charge in [0.05, 0.1) is 0 Å². The third kappa shape index (κ3) is 102. The Bertz CT molecular complexity index is 260. The highest BCUT2D eigenvalue weighted by Gasteiger charge is 1.95. The fourth-order valence-electron chi connectivity index (χ4n) is 0. The standard InChI is InChI=1S/H3NO4S.H2O4S.H2O/c1-5-6(2,3)4;1-5(2,3)4;/h1H2,(H,2,3,4);(H2,1,2,3,4);1H2. The van der Waals surface area contributed by atoms with Crippen molar-refractivity contribution in [2.45, 2.75) is 0 Å². The normalized spacial score (nSPS) is 10.7. The van der Waals surface area contributed by atoms with E-state index in [1.807, 2.05) is 0 Å².